The van der Waals surface area contributed by atoms with Gasteiger partial charge in [0.25, 0.3) is 5.69 Å². The molecule has 2 aromatic rings. The molecule has 0 radical (unpaired) electrons. The van der Waals surface area contributed by atoms with Crippen LogP contribution in [0.3, 0.4) is 0 Å². The first-order chi connectivity index (χ1) is 13.0. The van der Waals surface area contributed by atoms with Gasteiger partial charge in [0.2, 0.25) is 5.75 Å². The summed E-state index contributed by atoms with van der Waals surface area (Å²) < 4.78 is 16.1. The van der Waals surface area contributed by atoms with Gasteiger partial charge in [-0.1, -0.05) is 17.7 Å². The molecule has 0 unspecified atom stereocenters. The molecule has 2 aromatic carbocycles. The molecule has 0 aliphatic rings. The number of hydrogen-bond donors (Lipinski definition) is 2. The highest BCUT2D eigenvalue weighted by molar-refractivity contribution is 6.33. The summed E-state index contributed by atoms with van der Waals surface area (Å²) in [5.41, 5.74) is 1.54. The lowest BCUT2D eigenvalue weighted by molar-refractivity contribution is -0.384. The van der Waals surface area contributed by atoms with Crippen LogP contribution >= 0.6 is 11.6 Å². The number of nitro groups is 1. The van der Waals surface area contributed by atoms with Crippen LogP contribution in [0.1, 0.15) is 5.56 Å². The fourth-order valence-electron chi connectivity index (χ4n) is 2.57. The van der Waals surface area contributed by atoms with E-state index in [1.807, 2.05) is 12.1 Å². The zero-order chi connectivity index (χ0) is 19.8. The molecule has 0 spiro atoms. The van der Waals surface area contributed by atoms with Gasteiger partial charge >= 0.3 is 0 Å². The first kappa shape index (κ1) is 20.6. The maximum absolute atomic E-state index is 10.7. The molecule has 0 aromatic heterocycles. The molecule has 0 heterocycles. The molecule has 9 heteroatoms. The first-order valence-electron chi connectivity index (χ1n) is 8.18. The summed E-state index contributed by atoms with van der Waals surface area (Å²) in [5.74, 6) is 1.78. The predicted molar refractivity (Wildman–Crippen MR) is 104 cm³/mol. The Morgan fingerprint density at radius 1 is 1.04 bits per heavy atom. The molecule has 2 rings (SSSR count). The number of anilines is 1. The van der Waals surface area contributed by atoms with Crippen LogP contribution in [0.25, 0.3) is 0 Å². The van der Waals surface area contributed by atoms with Crippen LogP contribution in [-0.4, -0.2) is 39.3 Å². The second kappa shape index (κ2) is 9.84. The Labute approximate surface area is 162 Å². The highest BCUT2D eigenvalue weighted by Gasteiger charge is 2.15. The lowest BCUT2D eigenvalue weighted by Gasteiger charge is -2.16. The summed E-state index contributed by atoms with van der Waals surface area (Å²) in [5, 5.41) is 17.5. The van der Waals surface area contributed by atoms with Crippen molar-refractivity contribution in [1.82, 2.24) is 5.32 Å². The van der Waals surface area contributed by atoms with Gasteiger partial charge in [-0.2, -0.15) is 0 Å². The zero-order valence-corrected chi connectivity index (χ0v) is 16.1. The van der Waals surface area contributed by atoms with E-state index < -0.39 is 4.92 Å². The van der Waals surface area contributed by atoms with E-state index in [2.05, 4.69) is 10.6 Å². The molecule has 146 valence electrons. The fraction of sp³-hybridized carbons (Fsp3) is 0.333. The number of ether oxygens (including phenoxy) is 3. The molecule has 0 atom stereocenters. The highest BCUT2D eigenvalue weighted by atomic mass is 35.5. The standard InChI is InChI=1S/C18H22ClN3O5/c1-25-16-7-4-12(17(26-2)18(16)27-3)11-20-8-9-21-15-6-5-13(22(23)24)10-14(15)19/h4-7,10,20-21H,8-9,11H2,1-3H3. The quantitative estimate of drug-likeness (QED) is 0.361. The molecule has 8 nitrogen and oxygen atoms in total. The van der Waals surface area contributed by atoms with Gasteiger partial charge in [-0.05, 0) is 12.1 Å². The van der Waals surface area contributed by atoms with Gasteiger partial charge in [-0.3, -0.25) is 10.1 Å². The molecule has 2 N–H and O–H groups in total. The molecule has 0 saturated heterocycles. The first-order valence-corrected chi connectivity index (χ1v) is 8.56. The van der Waals surface area contributed by atoms with E-state index in [0.717, 1.165) is 5.56 Å². The zero-order valence-electron chi connectivity index (χ0n) is 15.4. The van der Waals surface area contributed by atoms with Gasteiger partial charge in [0.15, 0.2) is 11.5 Å². The summed E-state index contributed by atoms with van der Waals surface area (Å²) in [7, 11) is 4.72. The SMILES string of the molecule is COc1ccc(CNCCNc2ccc([N+](=O)[O-])cc2Cl)c(OC)c1OC. The smallest absolute Gasteiger partial charge is 0.271 e. The molecule has 0 aliphatic heterocycles. The van der Waals surface area contributed by atoms with E-state index in [4.69, 9.17) is 25.8 Å². The predicted octanol–water partition coefficient (Wildman–Crippen LogP) is 3.48. The molecular weight excluding hydrogens is 374 g/mol. The van der Waals surface area contributed by atoms with Crippen molar-refractivity contribution in [2.24, 2.45) is 0 Å². The van der Waals surface area contributed by atoms with Gasteiger partial charge in [0.05, 0.1) is 37.0 Å². The Morgan fingerprint density at radius 2 is 1.78 bits per heavy atom. The maximum Gasteiger partial charge on any atom is 0.271 e. The number of nitro benzene ring substituents is 1. The summed E-state index contributed by atoms with van der Waals surface area (Å²) in [4.78, 5) is 10.2. The van der Waals surface area contributed by atoms with Gasteiger partial charge < -0.3 is 24.8 Å². The van der Waals surface area contributed by atoms with Gasteiger partial charge in [-0.15, -0.1) is 0 Å². The summed E-state index contributed by atoms with van der Waals surface area (Å²) in [6, 6.07) is 8.07. The minimum atomic E-state index is -0.478. The number of benzene rings is 2. The van der Waals surface area contributed by atoms with Crippen LogP contribution in [0, 0.1) is 10.1 Å². The van der Waals surface area contributed by atoms with Crippen molar-refractivity contribution < 1.29 is 19.1 Å². The third-order valence-corrected chi connectivity index (χ3v) is 4.19. The van der Waals surface area contributed by atoms with E-state index in [1.54, 1.807) is 27.4 Å². The topological polar surface area (TPSA) is 94.9 Å². The highest BCUT2D eigenvalue weighted by Crippen LogP contribution is 2.39. The van der Waals surface area contributed by atoms with Crippen LogP contribution in [0.15, 0.2) is 30.3 Å². The average molecular weight is 396 g/mol. The Kier molecular flexibility index (Phi) is 7.51. The molecule has 27 heavy (non-hydrogen) atoms. The number of nitrogens with one attached hydrogen (secondary N) is 2. The van der Waals surface area contributed by atoms with Crippen molar-refractivity contribution in [1.29, 1.82) is 0 Å². The lowest BCUT2D eigenvalue weighted by atomic mass is 10.1. The van der Waals surface area contributed by atoms with Crippen molar-refractivity contribution in [2.45, 2.75) is 6.54 Å². The van der Waals surface area contributed by atoms with Crippen LogP contribution in [0.4, 0.5) is 11.4 Å². The molecule has 0 fully saturated rings. The van der Waals surface area contributed by atoms with E-state index in [0.29, 0.717) is 47.6 Å². The number of halogens is 1. The maximum atomic E-state index is 10.7. The molecule has 0 saturated carbocycles. The van der Waals surface area contributed by atoms with Crippen LogP contribution < -0.4 is 24.8 Å². The molecule has 0 amide bonds. The average Bonchev–Trinajstić information content (AvgIpc) is 2.67. The second-order valence-corrected chi connectivity index (χ2v) is 5.93. The second-order valence-electron chi connectivity index (χ2n) is 5.52. The molecule has 0 aliphatic carbocycles. The fourth-order valence-corrected chi connectivity index (χ4v) is 2.81. The summed E-state index contributed by atoms with van der Waals surface area (Å²) in [6.07, 6.45) is 0. The number of non-ortho nitro benzene ring substituents is 1. The van der Waals surface area contributed by atoms with Crippen molar-refractivity contribution in [3.05, 3.63) is 51.0 Å². The van der Waals surface area contributed by atoms with Crippen molar-refractivity contribution in [3.63, 3.8) is 0 Å². The minimum absolute atomic E-state index is 0.0378. The van der Waals surface area contributed by atoms with Crippen molar-refractivity contribution in [2.75, 3.05) is 39.7 Å². The third-order valence-electron chi connectivity index (χ3n) is 3.88. The minimum Gasteiger partial charge on any atom is -0.493 e. The normalized spacial score (nSPS) is 10.4. The Morgan fingerprint density at radius 3 is 2.37 bits per heavy atom. The third kappa shape index (κ3) is 5.15. The summed E-state index contributed by atoms with van der Waals surface area (Å²) >= 11 is 6.05. The summed E-state index contributed by atoms with van der Waals surface area (Å²) in [6.45, 7) is 1.80. The number of methoxy groups -OCH3 is 3. The van der Waals surface area contributed by atoms with Crippen LogP contribution in [-0.2, 0) is 6.54 Å². The molecular formula is C18H22ClN3O5. The van der Waals surface area contributed by atoms with E-state index >= 15 is 0 Å². The number of nitrogens with zero attached hydrogens (tertiary/aromatic N) is 1. The van der Waals surface area contributed by atoms with Crippen LogP contribution in [0.5, 0.6) is 17.2 Å². The van der Waals surface area contributed by atoms with Gasteiger partial charge in [0.1, 0.15) is 0 Å². The Hall–Kier alpha value is -2.71. The monoisotopic (exact) mass is 395 g/mol. The Bertz CT molecular complexity index is 801. The van der Waals surface area contributed by atoms with Crippen molar-refractivity contribution >= 4 is 23.0 Å². The van der Waals surface area contributed by atoms with Gasteiger partial charge in [0, 0.05) is 37.3 Å². The van der Waals surface area contributed by atoms with Crippen molar-refractivity contribution in [3.8, 4) is 17.2 Å². The van der Waals surface area contributed by atoms with Crippen LogP contribution in [0.2, 0.25) is 5.02 Å². The largest absolute Gasteiger partial charge is 0.493 e. The van der Waals surface area contributed by atoms with E-state index in [9.17, 15) is 10.1 Å². The molecule has 0 bridgehead atoms. The lowest BCUT2D eigenvalue weighted by Crippen LogP contribution is -2.22. The Balaban J connectivity index is 1.90. The number of hydrogen-bond acceptors (Lipinski definition) is 7. The number of rotatable bonds is 10. The van der Waals surface area contributed by atoms with Gasteiger partial charge in [-0.25, -0.2) is 0 Å². The van der Waals surface area contributed by atoms with E-state index in [-0.39, 0.29) is 5.69 Å². The van der Waals surface area contributed by atoms with E-state index in [1.165, 1.54) is 12.1 Å².